The number of carbonyl (C=O) groups excluding carboxylic acids is 3. The van der Waals surface area contributed by atoms with Gasteiger partial charge in [0.2, 0.25) is 0 Å². The number of anilines is 1. The molecule has 0 spiro atoms. The van der Waals surface area contributed by atoms with Gasteiger partial charge in [-0.15, -0.1) is 0 Å². The highest BCUT2D eigenvalue weighted by molar-refractivity contribution is 5.97. The summed E-state index contributed by atoms with van der Waals surface area (Å²) in [6.07, 6.45) is -1.08. The van der Waals surface area contributed by atoms with Crippen molar-refractivity contribution in [3.8, 4) is 17.6 Å². The van der Waals surface area contributed by atoms with Crippen molar-refractivity contribution >= 4 is 23.5 Å². The Bertz CT molecular complexity index is 943. The summed E-state index contributed by atoms with van der Waals surface area (Å²) in [4.78, 5) is 36.4. The van der Waals surface area contributed by atoms with Gasteiger partial charge >= 0.3 is 5.97 Å². The fourth-order valence-electron chi connectivity index (χ4n) is 2.36. The Morgan fingerprint density at radius 1 is 1.03 bits per heavy atom. The number of benzene rings is 2. The van der Waals surface area contributed by atoms with E-state index in [1.54, 1.807) is 30.3 Å². The highest BCUT2D eigenvalue weighted by atomic mass is 16.5. The van der Waals surface area contributed by atoms with Gasteiger partial charge in [-0.05, 0) is 43.3 Å². The molecule has 30 heavy (non-hydrogen) atoms. The molecule has 2 rings (SSSR count). The molecule has 156 valence electrons. The first-order chi connectivity index (χ1) is 14.4. The van der Waals surface area contributed by atoms with Crippen LogP contribution < -0.4 is 20.1 Å². The van der Waals surface area contributed by atoms with Crippen LogP contribution in [0.3, 0.4) is 0 Å². The van der Waals surface area contributed by atoms with Gasteiger partial charge in [0, 0.05) is 17.3 Å². The summed E-state index contributed by atoms with van der Waals surface area (Å²) in [5.41, 5.74) is 1.16. The van der Waals surface area contributed by atoms with E-state index in [0.29, 0.717) is 22.7 Å². The summed E-state index contributed by atoms with van der Waals surface area (Å²) in [5.74, 6) is -0.998. The molecule has 0 aliphatic heterocycles. The maximum Gasteiger partial charge on any atom is 0.326 e. The SMILES string of the molecule is COc1cc(OC)cc(C(=O)NCC(=O)O[C@@H](C)C(=O)Nc2ccc(C#N)cc2)c1. The molecule has 0 heterocycles. The zero-order valence-corrected chi connectivity index (χ0v) is 16.7. The Morgan fingerprint density at radius 3 is 2.17 bits per heavy atom. The fraction of sp³-hybridized carbons (Fsp3) is 0.238. The number of amides is 2. The van der Waals surface area contributed by atoms with Gasteiger partial charge in [0.25, 0.3) is 11.8 Å². The lowest BCUT2D eigenvalue weighted by molar-refractivity contribution is -0.152. The molecule has 0 radical (unpaired) electrons. The lowest BCUT2D eigenvalue weighted by atomic mass is 10.2. The van der Waals surface area contributed by atoms with Crippen molar-refractivity contribution < 1.29 is 28.6 Å². The topological polar surface area (TPSA) is 127 Å². The Balaban J connectivity index is 1.86. The number of hydrogen-bond acceptors (Lipinski definition) is 7. The number of nitrogens with one attached hydrogen (secondary N) is 2. The van der Waals surface area contributed by atoms with Crippen molar-refractivity contribution in [3.05, 3.63) is 53.6 Å². The van der Waals surface area contributed by atoms with Crippen molar-refractivity contribution in [2.24, 2.45) is 0 Å². The van der Waals surface area contributed by atoms with Gasteiger partial charge in [-0.1, -0.05) is 0 Å². The smallest absolute Gasteiger partial charge is 0.326 e. The van der Waals surface area contributed by atoms with Gasteiger partial charge in [-0.2, -0.15) is 5.26 Å². The van der Waals surface area contributed by atoms with Crippen molar-refractivity contribution in [3.63, 3.8) is 0 Å². The summed E-state index contributed by atoms with van der Waals surface area (Å²) in [7, 11) is 2.91. The molecule has 0 saturated carbocycles. The number of hydrogen-bond donors (Lipinski definition) is 2. The average Bonchev–Trinajstić information content (AvgIpc) is 2.77. The lowest BCUT2D eigenvalue weighted by Crippen LogP contribution is -2.35. The number of methoxy groups -OCH3 is 2. The Kier molecular flexibility index (Phi) is 7.76. The molecule has 2 aromatic carbocycles. The van der Waals surface area contributed by atoms with E-state index in [2.05, 4.69) is 10.6 Å². The minimum atomic E-state index is -1.08. The maximum absolute atomic E-state index is 12.3. The summed E-state index contributed by atoms with van der Waals surface area (Å²) in [6, 6.07) is 12.8. The third-order valence-corrected chi connectivity index (χ3v) is 3.97. The van der Waals surface area contributed by atoms with E-state index in [0.717, 1.165) is 0 Å². The number of esters is 1. The highest BCUT2D eigenvalue weighted by Crippen LogP contribution is 2.22. The fourth-order valence-corrected chi connectivity index (χ4v) is 2.36. The standard InChI is InChI=1S/C21H21N3O6/c1-13(20(26)24-16-6-4-14(11-22)5-7-16)30-19(25)12-23-21(27)15-8-17(28-2)10-18(9-15)29-3/h4-10,13H,12H2,1-3H3,(H,23,27)(H,24,26)/t13-/m0/s1. The zero-order valence-electron chi connectivity index (χ0n) is 16.7. The monoisotopic (exact) mass is 411 g/mol. The molecular formula is C21H21N3O6. The van der Waals surface area contributed by atoms with Crippen molar-refractivity contribution in [2.45, 2.75) is 13.0 Å². The third kappa shape index (κ3) is 6.24. The van der Waals surface area contributed by atoms with Crippen LogP contribution in [0, 0.1) is 11.3 Å². The predicted molar refractivity (Wildman–Crippen MR) is 107 cm³/mol. The molecule has 0 aromatic heterocycles. The van der Waals surface area contributed by atoms with Gasteiger partial charge in [0.15, 0.2) is 6.10 Å². The van der Waals surface area contributed by atoms with Gasteiger partial charge in [-0.25, -0.2) is 0 Å². The Morgan fingerprint density at radius 2 is 1.63 bits per heavy atom. The van der Waals surface area contributed by atoms with Gasteiger partial charge < -0.3 is 24.8 Å². The molecule has 9 heteroatoms. The van der Waals surface area contributed by atoms with E-state index in [9.17, 15) is 14.4 Å². The second-order valence-electron chi connectivity index (χ2n) is 6.09. The van der Waals surface area contributed by atoms with E-state index < -0.39 is 30.4 Å². The van der Waals surface area contributed by atoms with Crippen LogP contribution in [0.2, 0.25) is 0 Å². The van der Waals surface area contributed by atoms with Crippen molar-refractivity contribution in [1.29, 1.82) is 5.26 Å². The van der Waals surface area contributed by atoms with Crippen molar-refractivity contribution in [1.82, 2.24) is 5.32 Å². The van der Waals surface area contributed by atoms with Crippen LogP contribution in [0.4, 0.5) is 5.69 Å². The minimum absolute atomic E-state index is 0.241. The van der Waals surface area contributed by atoms with Crippen LogP contribution in [0.5, 0.6) is 11.5 Å². The summed E-state index contributed by atoms with van der Waals surface area (Å²) >= 11 is 0. The number of nitriles is 1. The molecule has 9 nitrogen and oxygen atoms in total. The number of nitrogens with zero attached hydrogens (tertiary/aromatic N) is 1. The summed E-state index contributed by atoms with van der Waals surface area (Å²) < 4.78 is 15.2. The first-order valence-electron chi connectivity index (χ1n) is 8.88. The van der Waals surface area contributed by atoms with Crippen LogP contribution in [-0.2, 0) is 14.3 Å². The van der Waals surface area contributed by atoms with Crippen LogP contribution in [0.1, 0.15) is 22.8 Å². The number of carbonyl (C=O) groups is 3. The summed E-state index contributed by atoms with van der Waals surface area (Å²) in [6.45, 7) is 0.985. The van der Waals surface area contributed by atoms with Crippen LogP contribution >= 0.6 is 0 Å². The van der Waals surface area contributed by atoms with Gasteiger partial charge in [-0.3, -0.25) is 14.4 Å². The molecule has 2 amide bonds. The first kappa shape index (κ1) is 22.2. The van der Waals surface area contributed by atoms with E-state index >= 15 is 0 Å². The third-order valence-electron chi connectivity index (χ3n) is 3.97. The predicted octanol–water partition coefficient (Wildman–Crippen LogP) is 1.88. The Hall–Kier alpha value is -4.06. The maximum atomic E-state index is 12.3. The van der Waals surface area contributed by atoms with Crippen molar-refractivity contribution in [2.75, 3.05) is 26.1 Å². The number of rotatable bonds is 8. The molecule has 0 fully saturated rings. The van der Waals surface area contributed by atoms with E-state index in [1.165, 1.54) is 33.3 Å². The molecule has 1 atom stereocenters. The van der Waals surface area contributed by atoms with Gasteiger partial charge in [0.1, 0.15) is 18.0 Å². The Labute approximate surface area is 173 Å². The molecule has 0 aliphatic rings. The molecule has 0 aliphatic carbocycles. The zero-order chi connectivity index (χ0) is 22.1. The second kappa shape index (κ2) is 10.5. The van der Waals surface area contributed by atoms with E-state index in [4.69, 9.17) is 19.5 Å². The molecule has 0 unspecified atom stereocenters. The molecule has 0 bridgehead atoms. The molecule has 2 aromatic rings. The molecular weight excluding hydrogens is 390 g/mol. The lowest BCUT2D eigenvalue weighted by Gasteiger charge is -2.14. The van der Waals surface area contributed by atoms with E-state index in [1.807, 2.05) is 6.07 Å². The average molecular weight is 411 g/mol. The molecule has 2 N–H and O–H groups in total. The minimum Gasteiger partial charge on any atom is -0.497 e. The van der Waals surface area contributed by atoms with Crippen LogP contribution in [0.15, 0.2) is 42.5 Å². The second-order valence-corrected chi connectivity index (χ2v) is 6.09. The molecule has 0 saturated heterocycles. The normalized spacial score (nSPS) is 10.9. The largest absolute Gasteiger partial charge is 0.497 e. The first-order valence-corrected chi connectivity index (χ1v) is 8.88. The highest BCUT2D eigenvalue weighted by Gasteiger charge is 2.19. The van der Waals surface area contributed by atoms with Gasteiger partial charge in [0.05, 0.1) is 25.9 Å². The quantitative estimate of drug-likeness (QED) is 0.635. The van der Waals surface area contributed by atoms with Crippen LogP contribution in [0.25, 0.3) is 0 Å². The number of ether oxygens (including phenoxy) is 3. The van der Waals surface area contributed by atoms with E-state index in [-0.39, 0.29) is 5.56 Å². The van der Waals surface area contributed by atoms with Crippen LogP contribution in [-0.4, -0.2) is 44.7 Å². The summed E-state index contributed by atoms with van der Waals surface area (Å²) in [5, 5.41) is 13.8.